The number of nitrogens with one attached hydrogen (secondary N) is 1. The average Bonchev–Trinajstić information content (AvgIpc) is 3.04. The summed E-state index contributed by atoms with van der Waals surface area (Å²) < 4.78 is 24.2. The molecule has 0 saturated heterocycles. The van der Waals surface area contributed by atoms with Crippen molar-refractivity contribution in [3.05, 3.63) is 23.8 Å². The number of rotatable bonds is 4. The van der Waals surface area contributed by atoms with Crippen molar-refractivity contribution < 1.29 is 13.2 Å². The number of nitrogens with two attached hydrogens (primary N) is 1. The normalized spacial score (nSPS) is 15.4. The molecule has 1 fully saturated rings. The van der Waals surface area contributed by atoms with Crippen molar-refractivity contribution in [1.29, 1.82) is 0 Å². The minimum absolute atomic E-state index is 0.133. The first-order valence-electron chi connectivity index (χ1n) is 5.77. The van der Waals surface area contributed by atoms with Crippen LogP contribution in [0.5, 0.6) is 0 Å². The van der Waals surface area contributed by atoms with Crippen LogP contribution in [0.15, 0.2) is 23.1 Å². The van der Waals surface area contributed by atoms with Crippen LogP contribution in [0.25, 0.3) is 0 Å². The van der Waals surface area contributed by atoms with Gasteiger partial charge in [-0.15, -0.1) is 0 Å². The van der Waals surface area contributed by atoms with Gasteiger partial charge in [0.25, 0.3) is 0 Å². The van der Waals surface area contributed by atoms with E-state index in [-0.39, 0.29) is 10.9 Å². The first-order chi connectivity index (χ1) is 8.38. The fourth-order valence-corrected chi connectivity index (χ4v) is 3.16. The van der Waals surface area contributed by atoms with Gasteiger partial charge in [0.15, 0.2) is 9.84 Å². The van der Waals surface area contributed by atoms with Gasteiger partial charge in [-0.1, -0.05) is 6.07 Å². The van der Waals surface area contributed by atoms with Crippen LogP contribution in [0.4, 0.5) is 5.69 Å². The highest BCUT2D eigenvalue weighted by atomic mass is 32.2. The molecule has 5 nitrogen and oxygen atoms in total. The molecule has 1 aromatic carbocycles. The van der Waals surface area contributed by atoms with Gasteiger partial charge in [0.2, 0.25) is 5.91 Å². The van der Waals surface area contributed by atoms with Crippen molar-refractivity contribution in [3.63, 3.8) is 0 Å². The standard InChI is InChI=1S/C12H16N2O3S/c1-8-2-3-9(13)6-11(8)18(16,17)7-12(15)14-10-4-5-10/h2-3,6,10H,4-5,7,13H2,1H3,(H,14,15). The Bertz CT molecular complexity index is 577. The molecule has 0 heterocycles. The number of aryl methyl sites for hydroxylation is 1. The predicted octanol–water partition coefficient (Wildman–Crippen LogP) is 0.630. The third kappa shape index (κ3) is 3.01. The number of hydrogen-bond acceptors (Lipinski definition) is 4. The third-order valence-electron chi connectivity index (χ3n) is 2.81. The Labute approximate surface area is 106 Å². The van der Waals surface area contributed by atoms with E-state index >= 15 is 0 Å². The Kier molecular flexibility index (Phi) is 3.30. The molecule has 0 aromatic heterocycles. The molecule has 1 aromatic rings. The topological polar surface area (TPSA) is 89.3 Å². The zero-order valence-corrected chi connectivity index (χ0v) is 11.0. The molecule has 0 spiro atoms. The largest absolute Gasteiger partial charge is 0.399 e. The zero-order chi connectivity index (χ0) is 13.3. The highest BCUT2D eigenvalue weighted by Crippen LogP contribution is 2.21. The number of sulfone groups is 1. The molecule has 0 radical (unpaired) electrons. The minimum Gasteiger partial charge on any atom is -0.399 e. The molecule has 1 amide bonds. The van der Waals surface area contributed by atoms with E-state index in [2.05, 4.69) is 5.32 Å². The van der Waals surface area contributed by atoms with Crippen LogP contribution in [-0.2, 0) is 14.6 Å². The highest BCUT2D eigenvalue weighted by molar-refractivity contribution is 7.92. The van der Waals surface area contributed by atoms with Crippen molar-refractivity contribution in [1.82, 2.24) is 5.32 Å². The number of amides is 1. The van der Waals surface area contributed by atoms with Crippen molar-refractivity contribution in [2.24, 2.45) is 0 Å². The molecule has 0 bridgehead atoms. The lowest BCUT2D eigenvalue weighted by Crippen LogP contribution is -2.32. The number of anilines is 1. The van der Waals surface area contributed by atoms with Gasteiger partial charge in [-0.3, -0.25) is 4.79 Å². The van der Waals surface area contributed by atoms with E-state index in [4.69, 9.17) is 5.73 Å². The number of nitrogen functional groups attached to an aromatic ring is 1. The summed E-state index contributed by atoms with van der Waals surface area (Å²) in [4.78, 5) is 11.7. The average molecular weight is 268 g/mol. The molecule has 18 heavy (non-hydrogen) atoms. The quantitative estimate of drug-likeness (QED) is 0.784. The monoisotopic (exact) mass is 268 g/mol. The molecule has 98 valence electrons. The van der Waals surface area contributed by atoms with Gasteiger partial charge in [-0.25, -0.2) is 8.42 Å². The van der Waals surface area contributed by atoms with Crippen LogP contribution >= 0.6 is 0 Å². The molecule has 3 N–H and O–H groups in total. The summed E-state index contributed by atoms with van der Waals surface area (Å²) in [6, 6.07) is 4.84. The van der Waals surface area contributed by atoms with Crippen LogP contribution in [0, 0.1) is 6.92 Å². The molecule has 6 heteroatoms. The van der Waals surface area contributed by atoms with Crippen LogP contribution in [0.3, 0.4) is 0 Å². The van der Waals surface area contributed by atoms with Gasteiger partial charge in [0.1, 0.15) is 5.75 Å². The van der Waals surface area contributed by atoms with E-state index < -0.39 is 21.5 Å². The van der Waals surface area contributed by atoms with E-state index in [0.29, 0.717) is 11.3 Å². The number of hydrogen-bond donors (Lipinski definition) is 2. The van der Waals surface area contributed by atoms with Crippen LogP contribution < -0.4 is 11.1 Å². The Morgan fingerprint density at radius 2 is 2.11 bits per heavy atom. The van der Waals surface area contributed by atoms with Gasteiger partial charge in [-0.05, 0) is 37.5 Å². The van der Waals surface area contributed by atoms with E-state index in [0.717, 1.165) is 12.8 Å². The summed E-state index contributed by atoms with van der Waals surface area (Å²) >= 11 is 0. The highest BCUT2D eigenvalue weighted by Gasteiger charge is 2.27. The van der Waals surface area contributed by atoms with Gasteiger partial charge in [0.05, 0.1) is 4.90 Å². The van der Waals surface area contributed by atoms with Crippen molar-refractivity contribution >= 4 is 21.4 Å². The maximum atomic E-state index is 12.1. The number of carbonyl (C=O) groups is 1. The van der Waals surface area contributed by atoms with Crippen molar-refractivity contribution in [2.45, 2.75) is 30.7 Å². The lowest BCUT2D eigenvalue weighted by molar-refractivity contribution is -0.118. The van der Waals surface area contributed by atoms with Crippen LogP contribution in [-0.4, -0.2) is 26.1 Å². The molecule has 0 atom stereocenters. The molecule has 1 aliphatic rings. The molecule has 0 aliphatic heterocycles. The van der Waals surface area contributed by atoms with Gasteiger partial charge in [-0.2, -0.15) is 0 Å². The Hall–Kier alpha value is -1.56. The fraction of sp³-hybridized carbons (Fsp3) is 0.417. The van der Waals surface area contributed by atoms with Crippen molar-refractivity contribution in [2.75, 3.05) is 11.5 Å². The molecule has 1 saturated carbocycles. The maximum absolute atomic E-state index is 12.1. The number of benzene rings is 1. The summed E-state index contributed by atoms with van der Waals surface area (Å²) in [6.45, 7) is 1.69. The minimum atomic E-state index is -3.62. The summed E-state index contributed by atoms with van der Waals surface area (Å²) in [7, 11) is -3.62. The lowest BCUT2D eigenvalue weighted by atomic mass is 10.2. The summed E-state index contributed by atoms with van der Waals surface area (Å²) in [5.74, 6) is -0.965. The van der Waals surface area contributed by atoms with Crippen LogP contribution in [0.2, 0.25) is 0 Å². The Balaban J connectivity index is 2.18. The van der Waals surface area contributed by atoms with E-state index in [9.17, 15) is 13.2 Å². The van der Waals surface area contributed by atoms with E-state index in [1.54, 1.807) is 19.1 Å². The molecule has 1 aliphatic carbocycles. The second kappa shape index (κ2) is 4.61. The first kappa shape index (κ1) is 12.9. The zero-order valence-electron chi connectivity index (χ0n) is 10.1. The Morgan fingerprint density at radius 1 is 1.44 bits per heavy atom. The maximum Gasteiger partial charge on any atom is 0.235 e. The summed E-state index contributed by atoms with van der Waals surface area (Å²) in [5.41, 5.74) is 6.56. The molecule has 2 rings (SSSR count). The van der Waals surface area contributed by atoms with Gasteiger partial charge >= 0.3 is 0 Å². The summed E-state index contributed by atoms with van der Waals surface area (Å²) in [6.07, 6.45) is 1.87. The number of carbonyl (C=O) groups excluding carboxylic acids is 1. The van der Waals surface area contributed by atoms with Gasteiger partial charge < -0.3 is 11.1 Å². The molecule has 0 unspecified atom stereocenters. The first-order valence-corrected chi connectivity index (χ1v) is 7.42. The Morgan fingerprint density at radius 3 is 2.72 bits per heavy atom. The third-order valence-corrected chi connectivity index (χ3v) is 4.56. The second-order valence-electron chi connectivity index (χ2n) is 4.63. The molecular weight excluding hydrogens is 252 g/mol. The van der Waals surface area contributed by atoms with Crippen molar-refractivity contribution in [3.8, 4) is 0 Å². The fourth-order valence-electron chi connectivity index (χ4n) is 1.70. The van der Waals surface area contributed by atoms with E-state index in [1.807, 2.05) is 0 Å². The van der Waals surface area contributed by atoms with Crippen LogP contribution in [0.1, 0.15) is 18.4 Å². The lowest BCUT2D eigenvalue weighted by Gasteiger charge is -2.08. The molecular formula is C12H16N2O3S. The second-order valence-corrected chi connectivity index (χ2v) is 6.58. The summed E-state index contributed by atoms with van der Waals surface area (Å²) in [5, 5.41) is 2.66. The predicted molar refractivity (Wildman–Crippen MR) is 68.8 cm³/mol. The van der Waals surface area contributed by atoms with Gasteiger partial charge in [0, 0.05) is 11.7 Å². The SMILES string of the molecule is Cc1ccc(N)cc1S(=O)(=O)CC(=O)NC1CC1. The smallest absolute Gasteiger partial charge is 0.235 e. The van der Waals surface area contributed by atoms with E-state index in [1.165, 1.54) is 6.07 Å².